The van der Waals surface area contributed by atoms with Crippen molar-refractivity contribution in [3.05, 3.63) is 54.0 Å². The smallest absolute Gasteiger partial charge is 0.276 e. The first-order chi connectivity index (χ1) is 12.1. The lowest BCUT2D eigenvalue weighted by Crippen LogP contribution is -2.25. The summed E-state index contributed by atoms with van der Waals surface area (Å²) < 4.78 is 8.28. The summed E-state index contributed by atoms with van der Waals surface area (Å²) in [6, 6.07) is 5.11. The topological polar surface area (TPSA) is 107 Å². The van der Waals surface area contributed by atoms with Crippen LogP contribution in [0, 0.1) is 0 Å². The molecule has 9 heteroatoms. The second-order valence-corrected chi connectivity index (χ2v) is 5.34. The fourth-order valence-electron chi connectivity index (χ4n) is 2.26. The van der Waals surface area contributed by atoms with Crippen LogP contribution in [0.5, 0.6) is 0 Å². The zero-order valence-electron chi connectivity index (χ0n) is 13.9. The maximum Gasteiger partial charge on any atom is 0.276 e. The minimum Gasteiger partial charge on any atom is -0.467 e. The molecule has 0 unspecified atom stereocenters. The van der Waals surface area contributed by atoms with Gasteiger partial charge in [0.2, 0.25) is 0 Å². The number of hydrogen-bond acceptors (Lipinski definition) is 5. The summed E-state index contributed by atoms with van der Waals surface area (Å²) in [4.78, 5) is 24.6. The molecule has 0 aliphatic carbocycles. The van der Waals surface area contributed by atoms with Crippen LogP contribution in [-0.4, -0.2) is 31.4 Å². The molecule has 2 N–H and O–H groups in total. The molecular weight excluding hydrogens is 324 g/mol. The van der Waals surface area contributed by atoms with E-state index in [-0.39, 0.29) is 17.9 Å². The average Bonchev–Trinajstić information content (AvgIpc) is 3.33. The highest BCUT2D eigenvalue weighted by atomic mass is 16.3. The predicted molar refractivity (Wildman–Crippen MR) is 88.9 cm³/mol. The van der Waals surface area contributed by atoms with Crippen molar-refractivity contribution in [2.75, 3.05) is 5.32 Å². The van der Waals surface area contributed by atoms with Gasteiger partial charge in [0.1, 0.15) is 5.76 Å². The molecule has 0 aliphatic heterocycles. The monoisotopic (exact) mass is 342 g/mol. The summed E-state index contributed by atoms with van der Waals surface area (Å²) in [5.74, 6) is -0.188. The Kier molecular flexibility index (Phi) is 4.64. The Hall–Kier alpha value is -3.36. The molecule has 25 heavy (non-hydrogen) atoms. The van der Waals surface area contributed by atoms with Gasteiger partial charge in [-0.25, -0.2) is 0 Å². The molecule has 9 nitrogen and oxygen atoms in total. The van der Waals surface area contributed by atoms with E-state index in [1.807, 2.05) is 6.92 Å². The van der Waals surface area contributed by atoms with Crippen LogP contribution in [0.3, 0.4) is 0 Å². The first-order valence-corrected chi connectivity index (χ1v) is 7.76. The highest BCUT2D eigenvalue weighted by molar-refractivity contribution is 6.07. The Labute approximate surface area is 143 Å². The van der Waals surface area contributed by atoms with Crippen LogP contribution in [0.25, 0.3) is 0 Å². The highest BCUT2D eigenvalue weighted by Crippen LogP contribution is 2.15. The molecule has 2 amide bonds. The molecule has 0 saturated carbocycles. The predicted octanol–water partition coefficient (Wildman–Crippen LogP) is 1.41. The minimum absolute atomic E-state index is 0.123. The van der Waals surface area contributed by atoms with E-state index in [1.165, 1.54) is 10.9 Å². The first kappa shape index (κ1) is 16.5. The Balaban J connectivity index is 1.71. The van der Waals surface area contributed by atoms with Crippen LogP contribution in [0.1, 0.15) is 33.7 Å². The minimum atomic E-state index is -0.411. The molecule has 0 fully saturated rings. The third-order valence-corrected chi connectivity index (χ3v) is 3.49. The maximum atomic E-state index is 12.3. The van der Waals surface area contributed by atoms with Crippen LogP contribution in [0.2, 0.25) is 0 Å². The number of nitrogens with one attached hydrogen (secondary N) is 2. The molecule has 3 rings (SSSR count). The zero-order valence-corrected chi connectivity index (χ0v) is 13.9. The van der Waals surface area contributed by atoms with E-state index in [1.54, 1.807) is 42.3 Å². The highest BCUT2D eigenvalue weighted by Gasteiger charge is 2.19. The summed E-state index contributed by atoms with van der Waals surface area (Å²) in [6.07, 6.45) is 4.81. The second kappa shape index (κ2) is 7.04. The van der Waals surface area contributed by atoms with E-state index >= 15 is 0 Å². The third-order valence-electron chi connectivity index (χ3n) is 3.49. The molecule has 0 bridgehead atoms. The number of aromatic nitrogens is 4. The number of hydrogen-bond donors (Lipinski definition) is 2. The molecule has 0 aliphatic rings. The summed E-state index contributed by atoms with van der Waals surface area (Å²) in [6.45, 7) is 2.83. The van der Waals surface area contributed by atoms with E-state index in [0.29, 0.717) is 18.0 Å². The molecule has 3 aromatic rings. The Bertz CT molecular complexity index is 878. The lowest BCUT2D eigenvalue weighted by molar-refractivity contribution is 0.0943. The van der Waals surface area contributed by atoms with Gasteiger partial charge in [-0.2, -0.15) is 10.2 Å². The summed E-state index contributed by atoms with van der Waals surface area (Å²) in [5, 5.41) is 13.6. The molecule has 3 aromatic heterocycles. The van der Waals surface area contributed by atoms with Crippen molar-refractivity contribution >= 4 is 17.5 Å². The number of furan rings is 1. The van der Waals surface area contributed by atoms with E-state index in [2.05, 4.69) is 20.8 Å². The largest absolute Gasteiger partial charge is 0.467 e. The van der Waals surface area contributed by atoms with Crippen molar-refractivity contribution in [3.8, 4) is 0 Å². The van der Waals surface area contributed by atoms with Gasteiger partial charge < -0.3 is 15.1 Å². The fourth-order valence-corrected chi connectivity index (χ4v) is 2.26. The Morgan fingerprint density at radius 1 is 1.24 bits per heavy atom. The molecule has 0 atom stereocenters. The van der Waals surface area contributed by atoms with Crippen LogP contribution in [0.4, 0.5) is 5.69 Å². The lowest BCUT2D eigenvalue weighted by atomic mass is 10.3. The van der Waals surface area contributed by atoms with Gasteiger partial charge in [-0.05, 0) is 25.1 Å². The quantitative estimate of drug-likeness (QED) is 0.704. The summed E-state index contributed by atoms with van der Waals surface area (Å²) in [7, 11) is 1.67. The molecule has 130 valence electrons. The van der Waals surface area contributed by atoms with E-state index in [9.17, 15) is 9.59 Å². The number of carbonyl (C=O) groups excluding carboxylic acids is 2. The second-order valence-electron chi connectivity index (χ2n) is 5.34. The van der Waals surface area contributed by atoms with Crippen molar-refractivity contribution in [1.82, 2.24) is 24.9 Å². The van der Waals surface area contributed by atoms with E-state index in [0.717, 1.165) is 0 Å². The number of anilines is 1. The van der Waals surface area contributed by atoms with Gasteiger partial charge in [0.15, 0.2) is 11.4 Å². The van der Waals surface area contributed by atoms with Gasteiger partial charge in [0.05, 0.1) is 18.5 Å². The van der Waals surface area contributed by atoms with E-state index in [4.69, 9.17) is 4.42 Å². The summed E-state index contributed by atoms with van der Waals surface area (Å²) in [5.41, 5.74) is 0.709. The number of aryl methyl sites for hydroxylation is 2. The Morgan fingerprint density at radius 2 is 2.08 bits per heavy atom. The maximum absolute atomic E-state index is 12.3. The summed E-state index contributed by atoms with van der Waals surface area (Å²) >= 11 is 0. The van der Waals surface area contributed by atoms with Crippen molar-refractivity contribution in [2.24, 2.45) is 7.05 Å². The molecule has 0 radical (unpaired) electrons. The molecule has 0 aromatic carbocycles. The van der Waals surface area contributed by atoms with Crippen LogP contribution < -0.4 is 10.6 Å². The molecule has 3 heterocycles. The lowest BCUT2D eigenvalue weighted by Gasteiger charge is -2.04. The van der Waals surface area contributed by atoms with Crippen LogP contribution in [-0.2, 0) is 20.1 Å². The van der Waals surface area contributed by atoms with Gasteiger partial charge in [-0.1, -0.05) is 0 Å². The van der Waals surface area contributed by atoms with Crippen molar-refractivity contribution in [1.29, 1.82) is 0 Å². The third kappa shape index (κ3) is 3.77. The molecule has 0 spiro atoms. The number of nitrogens with zero attached hydrogens (tertiary/aromatic N) is 4. The van der Waals surface area contributed by atoms with Gasteiger partial charge in [0, 0.05) is 26.0 Å². The normalized spacial score (nSPS) is 10.6. The standard InChI is InChI=1S/C16H18N6O3/c1-3-22-7-6-12(19-22)15(23)18-13-10-21(2)20-14(13)16(24)17-9-11-5-4-8-25-11/h4-8,10H,3,9H2,1-2H3,(H,17,24)(H,18,23). The molecule has 0 saturated heterocycles. The fraction of sp³-hybridized carbons (Fsp3) is 0.250. The zero-order chi connectivity index (χ0) is 17.8. The number of carbonyl (C=O) groups is 2. The van der Waals surface area contributed by atoms with Crippen molar-refractivity contribution < 1.29 is 14.0 Å². The average molecular weight is 342 g/mol. The van der Waals surface area contributed by atoms with Gasteiger partial charge in [0.25, 0.3) is 11.8 Å². The number of rotatable bonds is 6. The SMILES string of the molecule is CCn1ccc(C(=O)Nc2cn(C)nc2C(=O)NCc2ccco2)n1. The van der Waals surface area contributed by atoms with Gasteiger partial charge in [-0.3, -0.25) is 19.0 Å². The van der Waals surface area contributed by atoms with Crippen LogP contribution >= 0.6 is 0 Å². The molecular formula is C16H18N6O3. The van der Waals surface area contributed by atoms with Gasteiger partial charge in [-0.15, -0.1) is 0 Å². The van der Waals surface area contributed by atoms with Crippen molar-refractivity contribution in [3.63, 3.8) is 0 Å². The van der Waals surface area contributed by atoms with Crippen molar-refractivity contribution in [2.45, 2.75) is 20.0 Å². The van der Waals surface area contributed by atoms with E-state index < -0.39 is 11.8 Å². The first-order valence-electron chi connectivity index (χ1n) is 7.76. The number of amides is 2. The Morgan fingerprint density at radius 3 is 2.76 bits per heavy atom. The van der Waals surface area contributed by atoms with Gasteiger partial charge >= 0.3 is 0 Å². The van der Waals surface area contributed by atoms with Crippen LogP contribution in [0.15, 0.2) is 41.3 Å².